The largest absolute Gasteiger partial charge is 0.494 e. The lowest BCUT2D eigenvalue weighted by molar-refractivity contribution is 0.337. The minimum absolute atomic E-state index is 0.170. The zero-order chi connectivity index (χ0) is 15.5. The molecule has 0 aliphatic heterocycles. The molecule has 0 heterocycles. The van der Waals surface area contributed by atoms with E-state index in [0.29, 0.717) is 23.1 Å². The van der Waals surface area contributed by atoms with Gasteiger partial charge in [-0.1, -0.05) is 23.7 Å². The Morgan fingerprint density at radius 2 is 1.90 bits per heavy atom. The molecule has 0 aliphatic carbocycles. The van der Waals surface area contributed by atoms with E-state index in [9.17, 15) is 8.42 Å². The highest BCUT2D eigenvalue weighted by atomic mass is 35.5. The number of rotatable bonds is 5. The molecule has 2 aromatic carbocycles. The standard InChI is InChI=1S/C15H16ClNO3S/c1-3-20-15-9-8-12(10-11(15)2)21(18,19)17-14-7-5-4-6-13(14)16/h4-10,17H,3H2,1-2H3. The molecule has 6 heteroatoms. The summed E-state index contributed by atoms with van der Waals surface area (Å²) < 4.78 is 32.6. The fraction of sp³-hybridized carbons (Fsp3) is 0.200. The quantitative estimate of drug-likeness (QED) is 0.908. The Kier molecular flexibility index (Phi) is 4.75. The highest BCUT2D eigenvalue weighted by Gasteiger charge is 2.16. The smallest absolute Gasteiger partial charge is 0.261 e. The number of halogens is 1. The van der Waals surface area contributed by atoms with Crippen molar-refractivity contribution in [2.75, 3.05) is 11.3 Å². The van der Waals surface area contributed by atoms with Gasteiger partial charge in [0.25, 0.3) is 10.0 Å². The molecule has 0 bridgehead atoms. The zero-order valence-electron chi connectivity index (χ0n) is 11.8. The second kappa shape index (κ2) is 6.37. The van der Waals surface area contributed by atoms with E-state index in [-0.39, 0.29) is 4.90 Å². The Balaban J connectivity index is 2.32. The van der Waals surface area contributed by atoms with Crippen LogP contribution in [0.1, 0.15) is 12.5 Å². The summed E-state index contributed by atoms with van der Waals surface area (Å²) >= 11 is 5.97. The van der Waals surface area contributed by atoms with Crippen LogP contribution in [-0.4, -0.2) is 15.0 Å². The lowest BCUT2D eigenvalue weighted by Crippen LogP contribution is -2.13. The summed E-state index contributed by atoms with van der Waals surface area (Å²) in [4.78, 5) is 0.170. The van der Waals surface area contributed by atoms with E-state index < -0.39 is 10.0 Å². The molecule has 0 saturated heterocycles. The van der Waals surface area contributed by atoms with Crippen molar-refractivity contribution >= 4 is 27.3 Å². The third-order valence-corrected chi connectivity index (χ3v) is 4.57. The van der Waals surface area contributed by atoms with Crippen molar-refractivity contribution in [1.82, 2.24) is 0 Å². The van der Waals surface area contributed by atoms with Crippen LogP contribution in [-0.2, 0) is 10.0 Å². The van der Waals surface area contributed by atoms with Gasteiger partial charge in [-0.05, 0) is 49.7 Å². The monoisotopic (exact) mass is 325 g/mol. The molecule has 0 saturated carbocycles. The van der Waals surface area contributed by atoms with Crippen LogP contribution in [0.2, 0.25) is 5.02 Å². The number of aryl methyl sites for hydroxylation is 1. The van der Waals surface area contributed by atoms with Crippen molar-refractivity contribution in [3.8, 4) is 5.75 Å². The predicted octanol–water partition coefficient (Wildman–Crippen LogP) is 3.85. The second-order valence-corrected chi connectivity index (χ2v) is 6.54. The summed E-state index contributed by atoms with van der Waals surface area (Å²) in [5.41, 5.74) is 1.12. The number of hydrogen-bond donors (Lipinski definition) is 1. The number of nitrogens with one attached hydrogen (secondary N) is 1. The molecule has 0 fully saturated rings. The van der Waals surface area contributed by atoms with Crippen LogP contribution in [0.5, 0.6) is 5.75 Å². The molecule has 0 spiro atoms. The summed E-state index contributed by atoms with van der Waals surface area (Å²) in [5, 5.41) is 0.351. The Labute approximate surface area is 129 Å². The first kappa shape index (κ1) is 15.7. The number of para-hydroxylation sites is 1. The van der Waals surface area contributed by atoms with Gasteiger partial charge in [0.05, 0.1) is 22.2 Å². The summed E-state index contributed by atoms with van der Waals surface area (Å²) in [6.45, 7) is 4.22. The first-order valence-corrected chi connectivity index (χ1v) is 8.31. The Morgan fingerprint density at radius 3 is 2.52 bits per heavy atom. The normalized spacial score (nSPS) is 11.2. The molecule has 0 unspecified atom stereocenters. The first-order valence-electron chi connectivity index (χ1n) is 6.45. The van der Waals surface area contributed by atoms with Crippen molar-refractivity contribution in [2.45, 2.75) is 18.7 Å². The number of ether oxygens (including phenoxy) is 1. The Hall–Kier alpha value is -1.72. The van der Waals surface area contributed by atoms with E-state index in [1.54, 1.807) is 43.3 Å². The molecule has 1 N–H and O–H groups in total. The molecular weight excluding hydrogens is 310 g/mol. The number of sulfonamides is 1. The van der Waals surface area contributed by atoms with E-state index in [4.69, 9.17) is 16.3 Å². The minimum atomic E-state index is -3.68. The predicted molar refractivity (Wildman–Crippen MR) is 84.6 cm³/mol. The maximum Gasteiger partial charge on any atom is 0.261 e. The van der Waals surface area contributed by atoms with Crippen LogP contribution >= 0.6 is 11.6 Å². The van der Waals surface area contributed by atoms with Gasteiger partial charge in [-0.25, -0.2) is 8.42 Å². The van der Waals surface area contributed by atoms with Gasteiger partial charge < -0.3 is 4.74 Å². The number of hydrogen-bond acceptors (Lipinski definition) is 3. The molecule has 0 amide bonds. The summed E-state index contributed by atoms with van der Waals surface area (Å²) in [6, 6.07) is 11.4. The van der Waals surface area contributed by atoms with Crippen LogP contribution in [0.3, 0.4) is 0 Å². The summed E-state index contributed by atoms with van der Waals surface area (Å²) in [6.07, 6.45) is 0. The molecule has 2 aromatic rings. The minimum Gasteiger partial charge on any atom is -0.494 e. The summed E-state index contributed by atoms with van der Waals surface area (Å²) in [7, 11) is -3.68. The number of anilines is 1. The van der Waals surface area contributed by atoms with Gasteiger partial charge in [0, 0.05) is 0 Å². The lowest BCUT2D eigenvalue weighted by Gasteiger charge is -2.12. The molecule has 0 aromatic heterocycles. The van der Waals surface area contributed by atoms with Gasteiger partial charge in [-0.3, -0.25) is 4.72 Å². The maximum absolute atomic E-state index is 12.4. The maximum atomic E-state index is 12.4. The van der Waals surface area contributed by atoms with Crippen molar-refractivity contribution in [3.63, 3.8) is 0 Å². The molecule has 0 atom stereocenters. The van der Waals surface area contributed by atoms with Gasteiger partial charge >= 0.3 is 0 Å². The Bertz CT molecular complexity index is 744. The van der Waals surface area contributed by atoms with E-state index >= 15 is 0 Å². The lowest BCUT2D eigenvalue weighted by atomic mass is 10.2. The molecule has 0 radical (unpaired) electrons. The highest BCUT2D eigenvalue weighted by molar-refractivity contribution is 7.92. The highest BCUT2D eigenvalue weighted by Crippen LogP contribution is 2.26. The molecule has 2 rings (SSSR count). The third kappa shape index (κ3) is 3.68. The van der Waals surface area contributed by atoms with Crippen LogP contribution in [0.25, 0.3) is 0 Å². The van der Waals surface area contributed by atoms with Crippen LogP contribution in [0.4, 0.5) is 5.69 Å². The SMILES string of the molecule is CCOc1ccc(S(=O)(=O)Nc2ccccc2Cl)cc1C. The van der Waals surface area contributed by atoms with Gasteiger partial charge in [0.1, 0.15) is 5.75 Å². The van der Waals surface area contributed by atoms with E-state index in [0.717, 1.165) is 5.56 Å². The topological polar surface area (TPSA) is 55.4 Å². The fourth-order valence-electron chi connectivity index (χ4n) is 1.85. The average Bonchev–Trinajstić information content (AvgIpc) is 2.43. The van der Waals surface area contributed by atoms with Crippen LogP contribution in [0.15, 0.2) is 47.4 Å². The van der Waals surface area contributed by atoms with Gasteiger partial charge in [0.15, 0.2) is 0 Å². The average molecular weight is 326 g/mol. The molecule has 21 heavy (non-hydrogen) atoms. The van der Waals surface area contributed by atoms with E-state index in [1.807, 2.05) is 6.92 Å². The van der Waals surface area contributed by atoms with E-state index in [2.05, 4.69) is 4.72 Å². The number of benzene rings is 2. The zero-order valence-corrected chi connectivity index (χ0v) is 13.3. The van der Waals surface area contributed by atoms with Crippen molar-refractivity contribution in [2.24, 2.45) is 0 Å². The van der Waals surface area contributed by atoms with Crippen molar-refractivity contribution < 1.29 is 13.2 Å². The van der Waals surface area contributed by atoms with E-state index in [1.165, 1.54) is 6.07 Å². The molecular formula is C15H16ClNO3S. The van der Waals surface area contributed by atoms with Crippen LogP contribution < -0.4 is 9.46 Å². The summed E-state index contributed by atoms with van der Waals surface area (Å²) in [5.74, 6) is 0.675. The first-order chi connectivity index (χ1) is 9.94. The van der Waals surface area contributed by atoms with Crippen molar-refractivity contribution in [1.29, 1.82) is 0 Å². The fourth-order valence-corrected chi connectivity index (χ4v) is 3.26. The Morgan fingerprint density at radius 1 is 1.19 bits per heavy atom. The molecule has 112 valence electrons. The van der Waals surface area contributed by atoms with Crippen LogP contribution in [0, 0.1) is 6.92 Å². The van der Waals surface area contributed by atoms with Crippen molar-refractivity contribution in [3.05, 3.63) is 53.1 Å². The third-order valence-electron chi connectivity index (χ3n) is 2.87. The van der Waals surface area contributed by atoms with Gasteiger partial charge in [-0.2, -0.15) is 0 Å². The van der Waals surface area contributed by atoms with Gasteiger partial charge in [0.2, 0.25) is 0 Å². The second-order valence-electron chi connectivity index (χ2n) is 4.45. The molecule has 0 aliphatic rings. The van der Waals surface area contributed by atoms with Gasteiger partial charge in [-0.15, -0.1) is 0 Å². The molecule has 4 nitrogen and oxygen atoms in total.